The number of fused-ring (bicyclic) bond motifs is 1. The van der Waals surface area contributed by atoms with Crippen LogP contribution >= 0.6 is 34.7 Å². The van der Waals surface area contributed by atoms with Gasteiger partial charge in [-0.25, -0.2) is 9.37 Å². The van der Waals surface area contributed by atoms with Gasteiger partial charge in [-0.2, -0.15) is 11.8 Å². The number of rotatable bonds is 7. The highest BCUT2D eigenvalue weighted by atomic mass is 35.5. The van der Waals surface area contributed by atoms with Gasteiger partial charge < -0.3 is 10.6 Å². The Bertz CT molecular complexity index is 1010. The largest absolute Gasteiger partial charge is 0.340 e. The molecule has 1 atom stereocenters. The Morgan fingerprint density at radius 1 is 1.29 bits per heavy atom. The number of thioether (sulfide) groups is 1. The van der Waals surface area contributed by atoms with Gasteiger partial charge in [-0.05, 0) is 48.8 Å². The molecule has 9 heteroatoms. The van der Waals surface area contributed by atoms with E-state index >= 15 is 0 Å². The van der Waals surface area contributed by atoms with Gasteiger partial charge in [0, 0.05) is 0 Å². The van der Waals surface area contributed by atoms with Gasteiger partial charge in [0.2, 0.25) is 5.91 Å². The SMILES string of the molecule is CSCC[C@@H](NC(=O)c1ccccc1Cl)C(=O)Nc1nc2ccc(F)cc2s1. The fraction of sp³-hybridized carbons (Fsp3) is 0.211. The van der Waals surface area contributed by atoms with Crippen molar-refractivity contribution in [2.45, 2.75) is 12.5 Å². The van der Waals surface area contributed by atoms with Crippen molar-refractivity contribution in [2.75, 3.05) is 17.3 Å². The molecule has 0 saturated carbocycles. The van der Waals surface area contributed by atoms with Crippen LogP contribution in [-0.4, -0.2) is 34.8 Å². The molecule has 0 spiro atoms. The average Bonchev–Trinajstić information content (AvgIpc) is 3.06. The smallest absolute Gasteiger partial charge is 0.253 e. The topological polar surface area (TPSA) is 71.1 Å². The Kier molecular flexibility index (Phi) is 6.88. The molecule has 2 amide bonds. The van der Waals surface area contributed by atoms with Crippen LogP contribution in [0.2, 0.25) is 5.02 Å². The number of nitrogens with zero attached hydrogens (tertiary/aromatic N) is 1. The van der Waals surface area contributed by atoms with Gasteiger partial charge in [0.05, 0.1) is 20.8 Å². The van der Waals surface area contributed by atoms with E-state index in [9.17, 15) is 14.0 Å². The lowest BCUT2D eigenvalue weighted by Gasteiger charge is -2.17. The van der Waals surface area contributed by atoms with E-state index in [4.69, 9.17) is 11.6 Å². The molecule has 1 aromatic heterocycles. The number of hydrogen-bond donors (Lipinski definition) is 2. The van der Waals surface area contributed by atoms with Crippen LogP contribution in [0.5, 0.6) is 0 Å². The number of halogens is 2. The first kappa shape index (κ1) is 20.6. The zero-order valence-corrected chi connectivity index (χ0v) is 17.3. The van der Waals surface area contributed by atoms with E-state index in [-0.39, 0.29) is 11.7 Å². The number of benzene rings is 2. The summed E-state index contributed by atoms with van der Waals surface area (Å²) in [6.07, 6.45) is 2.37. The standard InChI is InChI=1S/C19H17ClFN3O2S2/c1-27-9-8-15(22-17(25)12-4-2-3-5-13(12)20)18(26)24-19-23-14-7-6-11(21)10-16(14)28-19/h2-7,10,15H,8-9H2,1H3,(H,22,25)(H,23,24,26)/t15-/m1/s1. The summed E-state index contributed by atoms with van der Waals surface area (Å²) in [5.41, 5.74) is 0.907. The molecule has 146 valence electrons. The molecule has 0 aliphatic rings. The van der Waals surface area contributed by atoms with Crippen molar-refractivity contribution in [2.24, 2.45) is 0 Å². The van der Waals surface area contributed by atoms with Crippen molar-refractivity contribution in [1.29, 1.82) is 0 Å². The predicted molar refractivity (Wildman–Crippen MR) is 114 cm³/mol. The first-order chi connectivity index (χ1) is 13.5. The Morgan fingerprint density at radius 2 is 2.07 bits per heavy atom. The minimum atomic E-state index is -0.750. The second-order valence-corrected chi connectivity index (χ2v) is 8.33. The van der Waals surface area contributed by atoms with E-state index in [2.05, 4.69) is 15.6 Å². The average molecular weight is 438 g/mol. The number of carbonyl (C=O) groups is 2. The van der Waals surface area contributed by atoms with E-state index in [1.165, 1.54) is 23.5 Å². The maximum absolute atomic E-state index is 13.3. The molecule has 0 radical (unpaired) electrons. The third-order valence-corrected chi connectivity index (χ3v) is 5.84. The molecule has 3 rings (SSSR count). The lowest BCUT2D eigenvalue weighted by Crippen LogP contribution is -2.44. The molecule has 2 N–H and O–H groups in total. The highest BCUT2D eigenvalue weighted by molar-refractivity contribution is 7.98. The van der Waals surface area contributed by atoms with E-state index < -0.39 is 11.9 Å². The summed E-state index contributed by atoms with van der Waals surface area (Å²) in [5.74, 6) is -0.475. The predicted octanol–water partition coefficient (Wildman–Crippen LogP) is 4.58. The second kappa shape index (κ2) is 9.36. The number of carbonyl (C=O) groups excluding carboxylic acids is 2. The van der Waals surface area contributed by atoms with Crippen LogP contribution < -0.4 is 10.6 Å². The van der Waals surface area contributed by atoms with Crippen LogP contribution in [0.25, 0.3) is 10.2 Å². The van der Waals surface area contributed by atoms with E-state index in [0.717, 1.165) is 0 Å². The minimum Gasteiger partial charge on any atom is -0.340 e. The molecule has 0 saturated heterocycles. The van der Waals surface area contributed by atoms with Gasteiger partial charge in [0.15, 0.2) is 5.13 Å². The van der Waals surface area contributed by atoms with E-state index in [0.29, 0.717) is 38.1 Å². The van der Waals surface area contributed by atoms with Crippen molar-refractivity contribution in [3.05, 3.63) is 58.9 Å². The van der Waals surface area contributed by atoms with Crippen molar-refractivity contribution >= 4 is 61.9 Å². The molecule has 28 heavy (non-hydrogen) atoms. The monoisotopic (exact) mass is 437 g/mol. The lowest BCUT2D eigenvalue weighted by atomic mass is 10.1. The van der Waals surface area contributed by atoms with E-state index in [1.807, 2.05) is 6.26 Å². The Labute approximate surface area is 174 Å². The van der Waals surface area contributed by atoms with Crippen LogP contribution in [0.15, 0.2) is 42.5 Å². The zero-order valence-electron chi connectivity index (χ0n) is 14.9. The lowest BCUT2D eigenvalue weighted by molar-refractivity contribution is -0.118. The number of amides is 2. The van der Waals surface area contributed by atoms with Gasteiger partial charge in [0.1, 0.15) is 11.9 Å². The van der Waals surface area contributed by atoms with Crippen LogP contribution in [-0.2, 0) is 4.79 Å². The fourth-order valence-electron chi connectivity index (χ4n) is 2.53. The first-order valence-electron chi connectivity index (χ1n) is 8.39. The summed E-state index contributed by atoms with van der Waals surface area (Å²) >= 11 is 8.82. The molecule has 2 aromatic carbocycles. The summed E-state index contributed by atoms with van der Waals surface area (Å²) in [4.78, 5) is 29.6. The summed E-state index contributed by atoms with van der Waals surface area (Å²) in [6, 6.07) is 10.1. The maximum atomic E-state index is 13.3. The first-order valence-corrected chi connectivity index (χ1v) is 11.0. The van der Waals surface area contributed by atoms with Crippen LogP contribution in [0.4, 0.5) is 9.52 Å². The molecule has 0 fully saturated rings. The van der Waals surface area contributed by atoms with Gasteiger partial charge in [-0.15, -0.1) is 0 Å². The molecule has 5 nitrogen and oxygen atoms in total. The number of thiazole rings is 1. The van der Waals surface area contributed by atoms with Crippen molar-refractivity contribution in [3.63, 3.8) is 0 Å². The normalized spacial score (nSPS) is 12.0. The maximum Gasteiger partial charge on any atom is 0.253 e. The van der Waals surface area contributed by atoms with Gasteiger partial charge in [-0.3, -0.25) is 9.59 Å². The molecule has 0 aliphatic carbocycles. The second-order valence-electron chi connectivity index (χ2n) is 5.91. The third-order valence-electron chi connectivity index (χ3n) is 3.93. The minimum absolute atomic E-state index is 0.307. The molecular weight excluding hydrogens is 421 g/mol. The van der Waals surface area contributed by atoms with Gasteiger partial charge in [-0.1, -0.05) is 35.1 Å². The number of nitrogens with one attached hydrogen (secondary N) is 2. The summed E-state index contributed by atoms with van der Waals surface area (Å²) in [5, 5.41) is 6.13. The highest BCUT2D eigenvalue weighted by Gasteiger charge is 2.23. The van der Waals surface area contributed by atoms with Gasteiger partial charge >= 0.3 is 0 Å². The molecular formula is C19H17ClFN3O2S2. The summed E-state index contributed by atoms with van der Waals surface area (Å²) in [7, 11) is 0. The van der Waals surface area contributed by atoms with Gasteiger partial charge in [0.25, 0.3) is 5.91 Å². The van der Waals surface area contributed by atoms with Crippen LogP contribution in [0.3, 0.4) is 0 Å². The van der Waals surface area contributed by atoms with Crippen molar-refractivity contribution in [1.82, 2.24) is 10.3 Å². The van der Waals surface area contributed by atoms with E-state index in [1.54, 1.807) is 42.1 Å². The Balaban J connectivity index is 1.75. The molecule has 1 heterocycles. The Morgan fingerprint density at radius 3 is 2.82 bits per heavy atom. The molecule has 3 aromatic rings. The zero-order chi connectivity index (χ0) is 20.1. The highest BCUT2D eigenvalue weighted by Crippen LogP contribution is 2.26. The molecule has 0 aliphatic heterocycles. The van der Waals surface area contributed by atoms with Crippen LogP contribution in [0, 0.1) is 5.82 Å². The number of aromatic nitrogens is 1. The molecule has 0 unspecified atom stereocenters. The van der Waals surface area contributed by atoms with Crippen LogP contribution in [0.1, 0.15) is 16.8 Å². The number of anilines is 1. The van der Waals surface area contributed by atoms with Crippen molar-refractivity contribution < 1.29 is 14.0 Å². The summed E-state index contributed by atoms with van der Waals surface area (Å²) < 4.78 is 14.0. The third kappa shape index (κ3) is 5.01. The molecule has 0 bridgehead atoms. The quantitative estimate of drug-likeness (QED) is 0.567. The summed E-state index contributed by atoms with van der Waals surface area (Å²) in [6.45, 7) is 0. The number of hydrogen-bond acceptors (Lipinski definition) is 5. The van der Waals surface area contributed by atoms with Crippen molar-refractivity contribution in [3.8, 4) is 0 Å². The Hall–Kier alpha value is -2.16. The fourth-order valence-corrected chi connectivity index (χ4v) is 4.12.